The monoisotopic (exact) mass is 183 g/mol. The first-order valence-electron chi connectivity index (χ1n) is 4.20. The average Bonchev–Trinajstić information content (AvgIpc) is 2.47. The number of ketones is 1. The summed E-state index contributed by atoms with van der Waals surface area (Å²) in [6.45, 7) is 5.85. The average molecular weight is 183 g/mol. The zero-order chi connectivity index (χ0) is 9.84. The summed E-state index contributed by atoms with van der Waals surface area (Å²) in [6, 6.07) is -0.268. The third kappa shape index (κ3) is 2.66. The van der Waals surface area contributed by atoms with E-state index in [1.54, 1.807) is 0 Å². The number of rotatable bonds is 4. The van der Waals surface area contributed by atoms with Crippen LogP contribution in [0.1, 0.15) is 13.3 Å². The normalized spacial score (nSPS) is 21.3. The topological polar surface area (TPSA) is 55.4 Å². The summed E-state index contributed by atoms with van der Waals surface area (Å²) < 4.78 is 4.74. The van der Waals surface area contributed by atoms with Crippen LogP contribution in [0.2, 0.25) is 0 Å². The van der Waals surface area contributed by atoms with E-state index in [1.165, 1.54) is 6.92 Å². The Morgan fingerprint density at radius 3 is 2.92 bits per heavy atom. The third-order valence-corrected chi connectivity index (χ3v) is 2.00. The number of carbonyl (C=O) groups is 2. The van der Waals surface area contributed by atoms with Crippen molar-refractivity contribution in [3.63, 3.8) is 0 Å². The van der Waals surface area contributed by atoms with Crippen LogP contribution in [-0.4, -0.2) is 30.9 Å². The smallest absolute Gasteiger partial charge is 0.323 e. The van der Waals surface area contributed by atoms with Gasteiger partial charge >= 0.3 is 5.97 Å². The molecule has 0 aromatic carbocycles. The second-order valence-corrected chi connectivity index (χ2v) is 3.05. The van der Waals surface area contributed by atoms with Gasteiger partial charge in [0.25, 0.3) is 0 Å². The van der Waals surface area contributed by atoms with Crippen molar-refractivity contribution in [1.82, 2.24) is 5.32 Å². The van der Waals surface area contributed by atoms with Crippen LogP contribution >= 0.6 is 0 Å². The zero-order valence-electron chi connectivity index (χ0n) is 7.63. The molecule has 72 valence electrons. The lowest BCUT2D eigenvalue weighted by molar-refractivity contribution is -0.139. The molecular weight excluding hydrogens is 170 g/mol. The summed E-state index contributed by atoms with van der Waals surface area (Å²) in [5, 5.41) is 2.92. The molecule has 1 aliphatic rings. The zero-order valence-corrected chi connectivity index (χ0v) is 7.63. The molecule has 1 rings (SSSR count). The second kappa shape index (κ2) is 4.18. The van der Waals surface area contributed by atoms with E-state index in [0.717, 1.165) is 0 Å². The van der Waals surface area contributed by atoms with Crippen molar-refractivity contribution in [2.75, 3.05) is 13.2 Å². The van der Waals surface area contributed by atoms with Crippen molar-refractivity contribution >= 4 is 11.8 Å². The van der Waals surface area contributed by atoms with E-state index in [9.17, 15) is 9.59 Å². The lowest BCUT2D eigenvalue weighted by Gasteiger charge is -2.08. The molecule has 1 fully saturated rings. The Kier molecular flexibility index (Phi) is 3.19. The van der Waals surface area contributed by atoms with Gasteiger partial charge in [0, 0.05) is 18.5 Å². The van der Waals surface area contributed by atoms with Gasteiger partial charge in [-0.2, -0.15) is 0 Å². The molecule has 0 spiro atoms. The third-order valence-electron chi connectivity index (χ3n) is 2.00. The molecule has 1 atom stereocenters. The molecule has 1 saturated heterocycles. The Morgan fingerprint density at radius 1 is 1.77 bits per heavy atom. The molecule has 4 nitrogen and oxygen atoms in total. The van der Waals surface area contributed by atoms with Crippen LogP contribution in [0.3, 0.4) is 0 Å². The number of esters is 1. The Hall–Kier alpha value is -1.16. The Bertz CT molecular complexity index is 247. The van der Waals surface area contributed by atoms with Gasteiger partial charge in [0.15, 0.2) is 5.78 Å². The van der Waals surface area contributed by atoms with Crippen molar-refractivity contribution in [3.05, 3.63) is 12.2 Å². The Balaban J connectivity index is 2.30. The van der Waals surface area contributed by atoms with Gasteiger partial charge in [-0.25, -0.2) is 0 Å². The fourth-order valence-corrected chi connectivity index (χ4v) is 1.05. The van der Waals surface area contributed by atoms with Crippen LogP contribution in [-0.2, 0) is 14.3 Å². The molecule has 0 bridgehead atoms. The van der Waals surface area contributed by atoms with E-state index in [2.05, 4.69) is 11.9 Å². The van der Waals surface area contributed by atoms with E-state index in [4.69, 9.17) is 4.74 Å². The van der Waals surface area contributed by atoms with Crippen molar-refractivity contribution in [2.24, 2.45) is 0 Å². The summed E-state index contributed by atoms with van der Waals surface area (Å²) >= 11 is 0. The van der Waals surface area contributed by atoms with Crippen molar-refractivity contribution in [3.8, 4) is 0 Å². The number of Topliss-reactive ketones (excluding diaryl/α,β-unsaturated/α-hetero) is 1. The number of hydrogen-bond acceptors (Lipinski definition) is 4. The molecule has 0 amide bonds. The molecule has 0 aliphatic carbocycles. The molecule has 0 aromatic rings. The van der Waals surface area contributed by atoms with E-state index >= 15 is 0 Å². The highest BCUT2D eigenvalue weighted by atomic mass is 16.5. The molecule has 1 aliphatic heterocycles. The van der Waals surface area contributed by atoms with Crippen molar-refractivity contribution in [2.45, 2.75) is 19.4 Å². The second-order valence-electron chi connectivity index (χ2n) is 3.05. The fraction of sp³-hybridized carbons (Fsp3) is 0.556. The maximum absolute atomic E-state index is 11.0. The molecule has 13 heavy (non-hydrogen) atoms. The van der Waals surface area contributed by atoms with E-state index in [-0.39, 0.29) is 17.8 Å². The summed E-state index contributed by atoms with van der Waals surface area (Å²) in [6.07, 6.45) is 0.671. The van der Waals surface area contributed by atoms with Crippen molar-refractivity contribution < 1.29 is 14.3 Å². The number of ether oxygens (including phenoxy) is 1. The first kappa shape index (κ1) is 9.92. The minimum Gasteiger partial charge on any atom is -0.464 e. The van der Waals surface area contributed by atoms with Gasteiger partial charge in [-0.1, -0.05) is 6.58 Å². The first-order valence-corrected chi connectivity index (χ1v) is 4.20. The van der Waals surface area contributed by atoms with Crippen molar-refractivity contribution in [1.29, 1.82) is 0 Å². The molecule has 1 heterocycles. The molecule has 0 radical (unpaired) electrons. The minimum atomic E-state index is -0.268. The standard InChI is InChI=1S/C9H13NO3/c1-6(7(2)11)5-10-8-3-4-13-9(8)12/h8,10H,1,3-5H2,2H3/t8-/m0/s1. The molecule has 4 heteroatoms. The van der Waals surface area contributed by atoms with Gasteiger partial charge in [-0.05, 0) is 6.92 Å². The highest BCUT2D eigenvalue weighted by Crippen LogP contribution is 2.05. The summed E-state index contributed by atoms with van der Waals surface area (Å²) in [5.74, 6) is -0.296. The maximum atomic E-state index is 11.0. The lowest BCUT2D eigenvalue weighted by atomic mass is 10.2. The predicted molar refractivity (Wildman–Crippen MR) is 47.2 cm³/mol. The van der Waals surface area contributed by atoms with Crippen LogP contribution < -0.4 is 5.32 Å². The Morgan fingerprint density at radius 2 is 2.46 bits per heavy atom. The first-order chi connectivity index (χ1) is 6.11. The van der Waals surface area contributed by atoms with Gasteiger partial charge in [0.2, 0.25) is 0 Å². The Labute approximate surface area is 76.9 Å². The summed E-state index contributed by atoms with van der Waals surface area (Å²) in [4.78, 5) is 21.7. The summed E-state index contributed by atoms with van der Waals surface area (Å²) in [5.41, 5.74) is 0.486. The number of carbonyl (C=O) groups excluding carboxylic acids is 2. The molecule has 0 saturated carbocycles. The van der Waals surface area contributed by atoms with Crippen LogP contribution in [0.25, 0.3) is 0 Å². The molecular formula is C9H13NO3. The van der Waals surface area contributed by atoms with Crippen LogP contribution in [0, 0.1) is 0 Å². The molecule has 0 unspecified atom stereocenters. The van der Waals surface area contributed by atoms with E-state index in [0.29, 0.717) is 25.1 Å². The van der Waals surface area contributed by atoms with Crippen LogP contribution in [0.4, 0.5) is 0 Å². The van der Waals surface area contributed by atoms with Gasteiger partial charge in [0.05, 0.1) is 6.61 Å². The minimum absolute atomic E-state index is 0.0566. The van der Waals surface area contributed by atoms with Crippen LogP contribution in [0.15, 0.2) is 12.2 Å². The van der Waals surface area contributed by atoms with Gasteiger partial charge in [-0.15, -0.1) is 0 Å². The quantitative estimate of drug-likeness (QED) is 0.493. The number of hydrogen-bond donors (Lipinski definition) is 1. The molecule has 0 aromatic heterocycles. The van der Waals surface area contributed by atoms with E-state index in [1.807, 2.05) is 0 Å². The maximum Gasteiger partial charge on any atom is 0.323 e. The number of cyclic esters (lactones) is 1. The highest BCUT2D eigenvalue weighted by molar-refractivity contribution is 5.93. The SMILES string of the molecule is C=C(CN[C@H]1CCOC1=O)C(C)=O. The summed E-state index contributed by atoms with van der Waals surface area (Å²) in [7, 11) is 0. The fourth-order valence-electron chi connectivity index (χ4n) is 1.05. The largest absolute Gasteiger partial charge is 0.464 e. The lowest BCUT2D eigenvalue weighted by Crippen LogP contribution is -2.35. The predicted octanol–water partition coefficient (Wildman–Crippen LogP) is 0.0367. The van der Waals surface area contributed by atoms with Crippen LogP contribution in [0.5, 0.6) is 0 Å². The number of nitrogens with one attached hydrogen (secondary N) is 1. The molecule has 1 N–H and O–H groups in total. The van der Waals surface area contributed by atoms with E-state index < -0.39 is 0 Å². The van der Waals surface area contributed by atoms with Gasteiger partial charge in [0.1, 0.15) is 6.04 Å². The highest BCUT2D eigenvalue weighted by Gasteiger charge is 2.25. The van der Waals surface area contributed by atoms with Gasteiger partial charge < -0.3 is 10.1 Å². The van der Waals surface area contributed by atoms with Gasteiger partial charge in [-0.3, -0.25) is 9.59 Å².